The van der Waals surface area contributed by atoms with Crippen LogP contribution in [0.2, 0.25) is 0 Å². The van der Waals surface area contributed by atoms with Crippen molar-refractivity contribution in [3.63, 3.8) is 0 Å². The number of rotatable bonds is 3. The molecule has 3 heteroatoms. The van der Waals surface area contributed by atoms with E-state index in [1.807, 2.05) is 37.3 Å². The van der Waals surface area contributed by atoms with Crippen LogP contribution in [0.25, 0.3) is 0 Å². The third-order valence-electron chi connectivity index (χ3n) is 2.56. The number of hydrogen-bond donors (Lipinski definition) is 1. The molecule has 0 spiro atoms. The standard InChI is InChI=1S/C11H15NO.ClH/c1-9(13)11(2,12-3)10-7-5-4-6-8-10;/h4-8,12H,1-3H3;1H. The number of carbonyl (C=O) groups excluding carboxylic acids is 1. The molecule has 0 radical (unpaired) electrons. The molecule has 78 valence electrons. The Bertz CT molecular complexity index is 299. The molecule has 1 aromatic carbocycles. The number of nitrogens with one attached hydrogen (secondary N) is 1. The molecule has 0 saturated heterocycles. The molecule has 1 aromatic rings. The van der Waals surface area contributed by atoms with E-state index in [1.54, 1.807) is 14.0 Å². The van der Waals surface area contributed by atoms with Gasteiger partial charge >= 0.3 is 0 Å². The van der Waals surface area contributed by atoms with Gasteiger partial charge in [0.1, 0.15) is 0 Å². The van der Waals surface area contributed by atoms with E-state index < -0.39 is 5.54 Å². The van der Waals surface area contributed by atoms with Crippen LogP contribution in [0.3, 0.4) is 0 Å². The largest absolute Gasteiger partial charge is 0.305 e. The van der Waals surface area contributed by atoms with Crippen LogP contribution in [-0.4, -0.2) is 12.8 Å². The van der Waals surface area contributed by atoms with E-state index in [-0.39, 0.29) is 18.2 Å². The van der Waals surface area contributed by atoms with Crippen molar-refractivity contribution in [1.82, 2.24) is 5.32 Å². The van der Waals surface area contributed by atoms with Crippen LogP contribution in [0, 0.1) is 0 Å². The maximum Gasteiger partial charge on any atom is 0.154 e. The number of likely N-dealkylation sites (N-methyl/N-ethyl adjacent to an activating group) is 1. The summed E-state index contributed by atoms with van der Waals surface area (Å²) < 4.78 is 0. The third kappa shape index (κ3) is 2.34. The lowest BCUT2D eigenvalue weighted by Gasteiger charge is -2.26. The van der Waals surface area contributed by atoms with Gasteiger partial charge in [-0.3, -0.25) is 4.79 Å². The van der Waals surface area contributed by atoms with Crippen LogP contribution >= 0.6 is 12.4 Å². The zero-order valence-corrected chi connectivity index (χ0v) is 9.52. The van der Waals surface area contributed by atoms with Gasteiger partial charge in [0.15, 0.2) is 5.78 Å². The van der Waals surface area contributed by atoms with Crippen molar-refractivity contribution in [1.29, 1.82) is 0 Å². The molecule has 0 amide bonds. The first-order valence-electron chi connectivity index (χ1n) is 4.36. The molecule has 1 unspecified atom stereocenters. The predicted molar refractivity (Wildman–Crippen MR) is 60.8 cm³/mol. The Morgan fingerprint density at radius 3 is 2.14 bits per heavy atom. The Morgan fingerprint density at radius 2 is 1.79 bits per heavy atom. The van der Waals surface area contributed by atoms with Gasteiger partial charge in [-0.1, -0.05) is 30.3 Å². The van der Waals surface area contributed by atoms with E-state index in [4.69, 9.17) is 0 Å². The molecule has 0 fully saturated rings. The zero-order valence-electron chi connectivity index (χ0n) is 8.70. The molecule has 1 atom stereocenters. The lowest BCUT2D eigenvalue weighted by Crippen LogP contribution is -2.43. The second kappa shape index (κ2) is 5.13. The molecule has 0 aliphatic rings. The number of halogens is 1. The minimum Gasteiger partial charge on any atom is -0.305 e. The van der Waals surface area contributed by atoms with Gasteiger partial charge < -0.3 is 5.32 Å². The van der Waals surface area contributed by atoms with Crippen molar-refractivity contribution >= 4 is 18.2 Å². The second-order valence-corrected chi connectivity index (χ2v) is 3.30. The van der Waals surface area contributed by atoms with E-state index in [1.165, 1.54) is 0 Å². The van der Waals surface area contributed by atoms with Gasteiger partial charge in [-0.15, -0.1) is 12.4 Å². The van der Waals surface area contributed by atoms with E-state index in [0.29, 0.717) is 0 Å². The minimum atomic E-state index is -0.554. The van der Waals surface area contributed by atoms with Crippen molar-refractivity contribution < 1.29 is 4.79 Å². The van der Waals surface area contributed by atoms with Gasteiger partial charge in [0.05, 0.1) is 5.54 Å². The Kier molecular flexibility index (Phi) is 4.81. The molecule has 14 heavy (non-hydrogen) atoms. The lowest BCUT2D eigenvalue weighted by molar-refractivity contribution is -0.122. The molecule has 0 saturated carbocycles. The maximum absolute atomic E-state index is 11.4. The third-order valence-corrected chi connectivity index (χ3v) is 2.56. The number of benzene rings is 1. The van der Waals surface area contributed by atoms with E-state index in [9.17, 15) is 4.79 Å². The van der Waals surface area contributed by atoms with Crippen LogP contribution in [0.15, 0.2) is 30.3 Å². The Balaban J connectivity index is 0.00000169. The molecular weight excluding hydrogens is 198 g/mol. The maximum atomic E-state index is 11.4. The van der Waals surface area contributed by atoms with E-state index >= 15 is 0 Å². The molecule has 1 N–H and O–H groups in total. The molecule has 1 rings (SSSR count). The van der Waals surface area contributed by atoms with Crippen molar-refractivity contribution in [3.05, 3.63) is 35.9 Å². The first-order valence-corrected chi connectivity index (χ1v) is 4.36. The molecule has 0 heterocycles. The summed E-state index contributed by atoms with van der Waals surface area (Å²) in [6.45, 7) is 3.49. The lowest BCUT2D eigenvalue weighted by atomic mass is 9.88. The van der Waals surface area contributed by atoms with E-state index in [0.717, 1.165) is 5.56 Å². The highest BCUT2D eigenvalue weighted by Crippen LogP contribution is 2.20. The van der Waals surface area contributed by atoms with Crippen molar-refractivity contribution in [2.75, 3.05) is 7.05 Å². The normalized spacial score (nSPS) is 13.9. The van der Waals surface area contributed by atoms with Gasteiger partial charge in [-0.2, -0.15) is 0 Å². The van der Waals surface area contributed by atoms with Crippen molar-refractivity contribution in [2.24, 2.45) is 0 Å². The quantitative estimate of drug-likeness (QED) is 0.834. The van der Waals surface area contributed by atoms with Gasteiger partial charge in [-0.25, -0.2) is 0 Å². The smallest absolute Gasteiger partial charge is 0.154 e. The Labute approximate surface area is 91.1 Å². The zero-order chi connectivity index (χ0) is 9.90. The highest BCUT2D eigenvalue weighted by molar-refractivity contribution is 5.87. The molecule has 0 aromatic heterocycles. The monoisotopic (exact) mass is 213 g/mol. The highest BCUT2D eigenvalue weighted by atomic mass is 35.5. The minimum absolute atomic E-state index is 0. The number of carbonyl (C=O) groups is 1. The van der Waals surface area contributed by atoms with Crippen molar-refractivity contribution in [2.45, 2.75) is 19.4 Å². The number of hydrogen-bond acceptors (Lipinski definition) is 2. The summed E-state index contributed by atoms with van der Waals surface area (Å²) in [5, 5.41) is 3.04. The van der Waals surface area contributed by atoms with E-state index in [2.05, 4.69) is 5.32 Å². The Hall–Kier alpha value is -0.860. The molecular formula is C11H16ClNO. The number of ketones is 1. The van der Waals surface area contributed by atoms with Crippen LogP contribution < -0.4 is 5.32 Å². The number of Topliss-reactive ketones (excluding diaryl/α,β-unsaturated/α-hetero) is 1. The van der Waals surface area contributed by atoms with Crippen LogP contribution in [0.5, 0.6) is 0 Å². The predicted octanol–water partition coefficient (Wildman–Crippen LogP) is 2.13. The fraction of sp³-hybridized carbons (Fsp3) is 0.364. The van der Waals surface area contributed by atoms with Crippen LogP contribution in [0.4, 0.5) is 0 Å². The molecule has 0 aliphatic heterocycles. The molecule has 0 aliphatic carbocycles. The Morgan fingerprint density at radius 1 is 1.29 bits per heavy atom. The first-order chi connectivity index (χ1) is 6.11. The average molecular weight is 214 g/mol. The summed E-state index contributed by atoms with van der Waals surface area (Å²) >= 11 is 0. The molecule has 2 nitrogen and oxygen atoms in total. The highest BCUT2D eigenvalue weighted by Gasteiger charge is 2.29. The van der Waals surface area contributed by atoms with Crippen molar-refractivity contribution in [3.8, 4) is 0 Å². The first kappa shape index (κ1) is 13.1. The van der Waals surface area contributed by atoms with Gasteiger partial charge in [0.25, 0.3) is 0 Å². The van der Waals surface area contributed by atoms with Crippen LogP contribution in [-0.2, 0) is 10.3 Å². The van der Waals surface area contributed by atoms with Gasteiger partial charge in [0, 0.05) is 0 Å². The SMILES string of the molecule is CNC(C)(C(C)=O)c1ccccc1.Cl. The summed E-state index contributed by atoms with van der Waals surface area (Å²) in [5.74, 6) is 0.126. The fourth-order valence-electron chi connectivity index (χ4n) is 1.30. The summed E-state index contributed by atoms with van der Waals surface area (Å²) in [6.07, 6.45) is 0. The van der Waals surface area contributed by atoms with Crippen LogP contribution in [0.1, 0.15) is 19.4 Å². The topological polar surface area (TPSA) is 29.1 Å². The summed E-state index contributed by atoms with van der Waals surface area (Å²) in [7, 11) is 1.80. The summed E-state index contributed by atoms with van der Waals surface area (Å²) in [4.78, 5) is 11.4. The summed E-state index contributed by atoms with van der Waals surface area (Å²) in [6, 6.07) is 9.73. The fourth-order valence-corrected chi connectivity index (χ4v) is 1.30. The average Bonchev–Trinajstić information content (AvgIpc) is 2.17. The summed E-state index contributed by atoms with van der Waals surface area (Å²) in [5.41, 5.74) is 0.450. The van der Waals surface area contributed by atoms with Gasteiger partial charge in [-0.05, 0) is 26.5 Å². The van der Waals surface area contributed by atoms with Gasteiger partial charge in [0.2, 0.25) is 0 Å². The second-order valence-electron chi connectivity index (χ2n) is 3.30. The molecule has 0 bridgehead atoms.